The van der Waals surface area contributed by atoms with E-state index in [4.69, 9.17) is 9.84 Å². The average molecular weight is 475 g/mol. The van der Waals surface area contributed by atoms with Gasteiger partial charge in [-0.15, -0.1) is 0 Å². The van der Waals surface area contributed by atoms with Crippen LogP contribution in [0.3, 0.4) is 0 Å². The number of hydrogen-bond acceptors (Lipinski definition) is 4. The van der Waals surface area contributed by atoms with Crippen molar-refractivity contribution in [2.75, 3.05) is 19.7 Å². The molecule has 2 aromatic rings. The number of nitrogens with zero attached hydrogens (tertiary/aromatic N) is 1. The van der Waals surface area contributed by atoms with Crippen molar-refractivity contribution in [1.82, 2.24) is 10.2 Å². The Balaban J connectivity index is 1.22. The topological polar surface area (TPSA) is 95.9 Å². The fourth-order valence-corrected chi connectivity index (χ4v) is 5.69. The van der Waals surface area contributed by atoms with E-state index in [1.165, 1.54) is 11.1 Å². The second kappa shape index (κ2) is 9.94. The molecule has 2 aromatic carbocycles. The van der Waals surface area contributed by atoms with Crippen LogP contribution in [0.4, 0.5) is 4.79 Å². The lowest BCUT2D eigenvalue weighted by Gasteiger charge is -2.35. The molecule has 0 radical (unpaired) electrons. The van der Waals surface area contributed by atoms with Gasteiger partial charge in [-0.05, 0) is 41.5 Å². The number of carbonyl (C=O) groups is 3. The van der Waals surface area contributed by atoms with Crippen LogP contribution in [0, 0.1) is 5.92 Å². The van der Waals surface area contributed by atoms with E-state index in [1.807, 2.05) is 24.3 Å². The van der Waals surface area contributed by atoms with Crippen molar-refractivity contribution < 1.29 is 24.2 Å². The van der Waals surface area contributed by atoms with E-state index in [0.717, 1.165) is 30.4 Å². The number of rotatable bonds is 5. The molecule has 7 heteroatoms. The van der Waals surface area contributed by atoms with Crippen molar-refractivity contribution in [1.29, 1.82) is 0 Å². The lowest BCUT2D eigenvalue weighted by molar-refractivity contribution is -0.138. The van der Waals surface area contributed by atoms with Crippen LogP contribution in [-0.4, -0.2) is 53.7 Å². The number of fused-ring (bicyclic) bond motifs is 3. The predicted molar refractivity (Wildman–Crippen MR) is 131 cm³/mol. The molecule has 7 nitrogen and oxygen atoms in total. The van der Waals surface area contributed by atoms with Gasteiger partial charge in [-0.2, -0.15) is 0 Å². The molecule has 182 valence electrons. The molecule has 0 aromatic heterocycles. The first-order valence-electron chi connectivity index (χ1n) is 12.4. The van der Waals surface area contributed by atoms with E-state index in [1.54, 1.807) is 11.0 Å². The van der Waals surface area contributed by atoms with E-state index < -0.39 is 12.1 Å². The Kier molecular flexibility index (Phi) is 6.57. The number of amides is 2. The number of ether oxygens (including phenoxy) is 1. The van der Waals surface area contributed by atoms with Crippen LogP contribution >= 0.6 is 0 Å². The van der Waals surface area contributed by atoms with Gasteiger partial charge in [0.25, 0.3) is 0 Å². The minimum Gasteiger partial charge on any atom is -0.478 e. The van der Waals surface area contributed by atoms with E-state index in [2.05, 4.69) is 29.6 Å². The zero-order valence-electron chi connectivity index (χ0n) is 19.6. The highest BCUT2D eigenvalue weighted by Crippen LogP contribution is 2.44. The number of benzene rings is 2. The zero-order valence-corrected chi connectivity index (χ0v) is 19.6. The monoisotopic (exact) mass is 474 g/mol. The molecule has 1 aliphatic heterocycles. The summed E-state index contributed by atoms with van der Waals surface area (Å²) in [4.78, 5) is 38.9. The third-order valence-electron chi connectivity index (χ3n) is 7.53. The molecule has 1 saturated carbocycles. The molecule has 5 rings (SSSR count). The number of hydrogen-bond donors (Lipinski definition) is 2. The molecule has 1 heterocycles. The molecule has 0 bridgehead atoms. The summed E-state index contributed by atoms with van der Waals surface area (Å²) in [6.07, 6.45) is 4.77. The first kappa shape index (κ1) is 23.1. The first-order chi connectivity index (χ1) is 17.0. The van der Waals surface area contributed by atoms with E-state index in [-0.39, 0.29) is 30.4 Å². The van der Waals surface area contributed by atoms with E-state index in [9.17, 15) is 14.4 Å². The molecular weight excluding hydrogens is 444 g/mol. The molecule has 2 aliphatic carbocycles. The fraction of sp³-hybridized carbons (Fsp3) is 0.393. The smallest absolute Gasteiger partial charge is 0.407 e. The maximum absolute atomic E-state index is 13.2. The largest absolute Gasteiger partial charge is 0.478 e. The van der Waals surface area contributed by atoms with Gasteiger partial charge in [0.05, 0.1) is 5.92 Å². The molecule has 35 heavy (non-hydrogen) atoms. The summed E-state index contributed by atoms with van der Waals surface area (Å²) in [5.41, 5.74) is 5.02. The molecule has 2 atom stereocenters. The van der Waals surface area contributed by atoms with Gasteiger partial charge in [-0.1, -0.05) is 67.4 Å². The molecule has 1 fully saturated rings. The summed E-state index contributed by atoms with van der Waals surface area (Å²) in [7, 11) is 0. The van der Waals surface area contributed by atoms with Crippen LogP contribution in [0.2, 0.25) is 0 Å². The highest BCUT2D eigenvalue weighted by atomic mass is 16.5. The Morgan fingerprint density at radius 1 is 0.971 bits per heavy atom. The number of carbonyl (C=O) groups excluding carboxylic acids is 2. The van der Waals surface area contributed by atoms with Crippen LogP contribution < -0.4 is 5.32 Å². The summed E-state index contributed by atoms with van der Waals surface area (Å²) >= 11 is 0. The molecule has 0 spiro atoms. The van der Waals surface area contributed by atoms with Crippen molar-refractivity contribution >= 4 is 18.0 Å². The van der Waals surface area contributed by atoms with Gasteiger partial charge in [0.2, 0.25) is 5.91 Å². The lowest BCUT2D eigenvalue weighted by atomic mass is 9.83. The average Bonchev–Trinajstić information content (AvgIpc) is 3.21. The summed E-state index contributed by atoms with van der Waals surface area (Å²) in [6.45, 7) is 0.930. The highest BCUT2D eigenvalue weighted by Gasteiger charge is 2.36. The highest BCUT2D eigenvalue weighted by molar-refractivity contribution is 5.88. The fourth-order valence-electron chi connectivity index (χ4n) is 5.69. The third kappa shape index (κ3) is 4.67. The second-order valence-corrected chi connectivity index (χ2v) is 9.54. The lowest BCUT2D eigenvalue weighted by Crippen LogP contribution is -2.50. The Hall–Kier alpha value is -3.61. The molecule has 2 unspecified atom stereocenters. The molecule has 2 amide bonds. The minimum absolute atomic E-state index is 0.0134. The minimum atomic E-state index is -0.926. The molecule has 3 aliphatic rings. The zero-order chi connectivity index (χ0) is 24.4. The van der Waals surface area contributed by atoms with Crippen LogP contribution in [0.1, 0.15) is 49.1 Å². The summed E-state index contributed by atoms with van der Waals surface area (Å²) < 4.78 is 5.71. The Labute approximate surface area is 204 Å². The molecular formula is C28H30N2O5. The maximum Gasteiger partial charge on any atom is 0.407 e. The van der Waals surface area contributed by atoms with Crippen molar-refractivity contribution in [2.24, 2.45) is 5.92 Å². The van der Waals surface area contributed by atoms with Gasteiger partial charge in [0.15, 0.2) is 0 Å². The Bertz CT molecular complexity index is 1130. The number of carboxylic acids is 1. The number of nitrogens with one attached hydrogen (secondary N) is 1. The van der Waals surface area contributed by atoms with Crippen LogP contribution in [0.15, 0.2) is 60.2 Å². The van der Waals surface area contributed by atoms with E-state index in [0.29, 0.717) is 31.5 Å². The number of alkyl carbamates (subject to hydrolysis) is 1. The second-order valence-electron chi connectivity index (χ2n) is 9.54. The van der Waals surface area contributed by atoms with Crippen LogP contribution in [0.5, 0.6) is 0 Å². The Morgan fingerprint density at radius 2 is 1.63 bits per heavy atom. The SMILES string of the molecule is O=C(NC1CCCCC1C(=O)N1CC=C(C(=O)O)CC1)OCC1c2ccccc2-c2ccccc21. The van der Waals surface area contributed by atoms with Crippen molar-refractivity contribution in [3.8, 4) is 11.1 Å². The summed E-state index contributed by atoms with van der Waals surface area (Å²) in [5.74, 6) is -1.27. The first-order valence-corrected chi connectivity index (χ1v) is 12.4. The van der Waals surface area contributed by atoms with Gasteiger partial charge in [-0.25, -0.2) is 9.59 Å². The molecule has 0 saturated heterocycles. The summed E-state index contributed by atoms with van der Waals surface area (Å²) in [6, 6.07) is 16.1. The standard InChI is InChI=1S/C28H30N2O5/c31-26(30-15-13-18(14-16-30)27(32)33)23-11-5-6-12-25(23)29-28(34)35-17-24-21-9-3-1-7-19(21)20-8-2-4-10-22(20)24/h1-4,7-10,13,23-25H,5-6,11-12,14-17H2,(H,29,34)(H,32,33). The van der Waals surface area contributed by atoms with Gasteiger partial charge in [-0.3, -0.25) is 4.79 Å². The van der Waals surface area contributed by atoms with E-state index >= 15 is 0 Å². The Morgan fingerprint density at radius 3 is 2.26 bits per heavy atom. The van der Waals surface area contributed by atoms with Gasteiger partial charge < -0.3 is 20.1 Å². The third-order valence-corrected chi connectivity index (χ3v) is 7.53. The number of aliphatic carboxylic acids is 1. The normalized spacial score (nSPS) is 21.5. The van der Waals surface area contributed by atoms with Crippen molar-refractivity contribution in [3.05, 3.63) is 71.3 Å². The van der Waals surface area contributed by atoms with Crippen molar-refractivity contribution in [3.63, 3.8) is 0 Å². The maximum atomic E-state index is 13.2. The summed E-state index contributed by atoms with van der Waals surface area (Å²) in [5, 5.41) is 12.1. The van der Waals surface area contributed by atoms with Gasteiger partial charge in [0.1, 0.15) is 6.61 Å². The van der Waals surface area contributed by atoms with Gasteiger partial charge >= 0.3 is 12.1 Å². The van der Waals surface area contributed by atoms with Crippen LogP contribution in [-0.2, 0) is 14.3 Å². The van der Waals surface area contributed by atoms with Crippen LogP contribution in [0.25, 0.3) is 11.1 Å². The quantitative estimate of drug-likeness (QED) is 0.673. The molecule has 2 N–H and O–H groups in total. The van der Waals surface area contributed by atoms with Gasteiger partial charge in [0, 0.05) is 30.6 Å². The van der Waals surface area contributed by atoms with Crippen molar-refractivity contribution in [2.45, 2.75) is 44.1 Å². The predicted octanol–water partition coefficient (Wildman–Crippen LogP) is 4.33. The number of carboxylic acid groups (broad SMARTS) is 1.